The van der Waals surface area contributed by atoms with Gasteiger partial charge in [0.05, 0.1) is 5.60 Å². The first-order valence-electron chi connectivity index (χ1n) is 6.31. The Kier molecular flexibility index (Phi) is 4.72. The van der Waals surface area contributed by atoms with Crippen molar-refractivity contribution in [2.45, 2.75) is 52.2 Å². The van der Waals surface area contributed by atoms with E-state index in [0.717, 1.165) is 24.0 Å². The average molecular weight is 236 g/mol. The second-order valence-electron chi connectivity index (χ2n) is 4.74. The number of benzene rings is 1. The number of aliphatic hydroxyl groups excluding tert-OH is 1. The molecule has 17 heavy (non-hydrogen) atoms. The number of rotatable bonds is 5. The maximum Gasteiger partial charge on any atom is 0.108 e. The minimum absolute atomic E-state index is 0.474. The van der Waals surface area contributed by atoms with Gasteiger partial charge in [0, 0.05) is 7.11 Å². The first-order chi connectivity index (χ1) is 8.00. The third kappa shape index (κ3) is 2.70. The van der Waals surface area contributed by atoms with Crippen LogP contribution in [0.15, 0.2) is 18.2 Å². The van der Waals surface area contributed by atoms with Crippen molar-refractivity contribution < 1.29 is 9.84 Å². The van der Waals surface area contributed by atoms with Gasteiger partial charge in [-0.3, -0.25) is 0 Å². The number of methoxy groups -OCH3 is 1. The van der Waals surface area contributed by atoms with Gasteiger partial charge in [-0.25, -0.2) is 0 Å². The van der Waals surface area contributed by atoms with E-state index in [0.29, 0.717) is 0 Å². The number of hydrogen-bond acceptors (Lipinski definition) is 2. The van der Waals surface area contributed by atoms with Crippen LogP contribution in [-0.4, -0.2) is 17.8 Å². The van der Waals surface area contributed by atoms with Crippen LogP contribution in [0.25, 0.3) is 0 Å². The normalized spacial score (nSPS) is 13.8. The summed E-state index contributed by atoms with van der Waals surface area (Å²) in [5.74, 6) is 0. The number of aliphatic hydroxyl groups is 1. The van der Waals surface area contributed by atoms with Gasteiger partial charge in [-0.15, -0.1) is 0 Å². The van der Waals surface area contributed by atoms with Gasteiger partial charge in [-0.1, -0.05) is 37.6 Å². The molecular formula is C15H24O2. The Morgan fingerprint density at radius 3 is 2.29 bits per heavy atom. The summed E-state index contributed by atoms with van der Waals surface area (Å²) in [6.07, 6.45) is 1.03. The molecule has 2 heteroatoms. The average Bonchev–Trinajstić information content (AvgIpc) is 2.35. The van der Waals surface area contributed by atoms with Crippen LogP contribution in [0, 0.1) is 13.8 Å². The van der Waals surface area contributed by atoms with Crippen LogP contribution < -0.4 is 0 Å². The summed E-state index contributed by atoms with van der Waals surface area (Å²) in [5.41, 5.74) is 2.79. The number of aryl methyl sites for hydroxylation is 2. The second-order valence-corrected chi connectivity index (χ2v) is 4.74. The molecule has 0 spiro atoms. The second kappa shape index (κ2) is 5.65. The van der Waals surface area contributed by atoms with Gasteiger partial charge in [-0.2, -0.15) is 0 Å². The Balaban J connectivity index is 3.17. The van der Waals surface area contributed by atoms with Crippen LogP contribution in [0.2, 0.25) is 0 Å². The SMILES string of the molecule is CCC(CC)(OC)C(O)c1cc(C)ccc1C. The minimum atomic E-state index is -0.567. The molecule has 0 fully saturated rings. The maximum atomic E-state index is 10.6. The predicted octanol–water partition coefficient (Wildman–Crippen LogP) is 3.54. The predicted molar refractivity (Wildman–Crippen MR) is 71.2 cm³/mol. The van der Waals surface area contributed by atoms with E-state index in [1.165, 1.54) is 5.56 Å². The molecule has 2 nitrogen and oxygen atoms in total. The molecule has 0 saturated carbocycles. The molecular weight excluding hydrogens is 212 g/mol. The lowest BCUT2D eigenvalue weighted by atomic mass is 9.84. The van der Waals surface area contributed by atoms with Gasteiger partial charge >= 0.3 is 0 Å². The highest BCUT2D eigenvalue weighted by Crippen LogP contribution is 2.36. The lowest BCUT2D eigenvalue weighted by Gasteiger charge is -2.36. The molecule has 96 valence electrons. The van der Waals surface area contributed by atoms with Gasteiger partial charge in [-0.05, 0) is 37.8 Å². The molecule has 1 aromatic rings. The van der Waals surface area contributed by atoms with Gasteiger partial charge < -0.3 is 9.84 Å². The zero-order valence-electron chi connectivity index (χ0n) is 11.6. The van der Waals surface area contributed by atoms with Crippen LogP contribution in [0.5, 0.6) is 0 Å². The highest BCUT2D eigenvalue weighted by molar-refractivity contribution is 5.33. The van der Waals surface area contributed by atoms with E-state index in [-0.39, 0.29) is 0 Å². The summed E-state index contributed by atoms with van der Waals surface area (Å²) in [5, 5.41) is 10.6. The molecule has 1 rings (SSSR count). The topological polar surface area (TPSA) is 29.5 Å². The highest BCUT2D eigenvalue weighted by atomic mass is 16.5. The molecule has 0 saturated heterocycles. The van der Waals surface area contributed by atoms with Crippen molar-refractivity contribution >= 4 is 0 Å². The van der Waals surface area contributed by atoms with Crippen molar-refractivity contribution in [2.24, 2.45) is 0 Å². The van der Waals surface area contributed by atoms with Gasteiger partial charge in [0.2, 0.25) is 0 Å². The summed E-state index contributed by atoms with van der Waals surface area (Å²) in [7, 11) is 1.68. The quantitative estimate of drug-likeness (QED) is 0.847. The molecule has 0 amide bonds. The molecule has 1 atom stereocenters. The van der Waals surface area contributed by atoms with Crippen LogP contribution in [0.1, 0.15) is 49.5 Å². The molecule has 0 bridgehead atoms. The smallest absolute Gasteiger partial charge is 0.108 e. The fraction of sp³-hybridized carbons (Fsp3) is 0.600. The summed E-state index contributed by atoms with van der Waals surface area (Å²) < 4.78 is 5.60. The Hall–Kier alpha value is -0.860. The maximum absolute atomic E-state index is 10.6. The van der Waals surface area contributed by atoms with E-state index in [9.17, 15) is 5.11 Å². The summed E-state index contributed by atoms with van der Waals surface area (Å²) >= 11 is 0. The Morgan fingerprint density at radius 1 is 1.24 bits per heavy atom. The van der Waals surface area contributed by atoms with Crippen LogP contribution in [0.4, 0.5) is 0 Å². The molecule has 0 aliphatic carbocycles. The molecule has 0 aliphatic rings. The Bertz CT molecular complexity index is 359. The van der Waals surface area contributed by atoms with Crippen molar-refractivity contribution in [1.29, 1.82) is 0 Å². The Morgan fingerprint density at radius 2 is 1.82 bits per heavy atom. The van der Waals surface area contributed by atoms with Gasteiger partial charge in [0.25, 0.3) is 0 Å². The van der Waals surface area contributed by atoms with E-state index in [4.69, 9.17) is 4.74 Å². The van der Waals surface area contributed by atoms with Crippen molar-refractivity contribution in [2.75, 3.05) is 7.11 Å². The van der Waals surface area contributed by atoms with E-state index >= 15 is 0 Å². The van der Waals surface area contributed by atoms with Crippen LogP contribution in [0.3, 0.4) is 0 Å². The molecule has 0 radical (unpaired) electrons. The van der Waals surface area contributed by atoms with Crippen molar-refractivity contribution in [3.8, 4) is 0 Å². The molecule has 1 N–H and O–H groups in total. The first-order valence-corrected chi connectivity index (χ1v) is 6.31. The molecule has 0 aromatic heterocycles. The third-order valence-electron chi connectivity index (χ3n) is 3.83. The van der Waals surface area contributed by atoms with Crippen molar-refractivity contribution in [3.05, 3.63) is 34.9 Å². The molecule has 1 aromatic carbocycles. The number of ether oxygens (including phenoxy) is 1. The van der Waals surface area contributed by atoms with Gasteiger partial charge in [0.15, 0.2) is 0 Å². The third-order valence-corrected chi connectivity index (χ3v) is 3.83. The minimum Gasteiger partial charge on any atom is -0.385 e. The highest BCUT2D eigenvalue weighted by Gasteiger charge is 2.36. The zero-order chi connectivity index (χ0) is 13.1. The van der Waals surface area contributed by atoms with Crippen LogP contribution >= 0.6 is 0 Å². The lowest BCUT2D eigenvalue weighted by Crippen LogP contribution is -2.37. The summed E-state index contributed by atoms with van der Waals surface area (Å²) in [6.45, 7) is 8.19. The van der Waals surface area contributed by atoms with E-state index in [1.54, 1.807) is 7.11 Å². The first kappa shape index (κ1) is 14.2. The zero-order valence-corrected chi connectivity index (χ0v) is 11.6. The summed E-state index contributed by atoms with van der Waals surface area (Å²) in [6, 6.07) is 6.18. The summed E-state index contributed by atoms with van der Waals surface area (Å²) in [4.78, 5) is 0. The molecule has 1 unspecified atom stereocenters. The van der Waals surface area contributed by atoms with E-state index in [2.05, 4.69) is 32.0 Å². The van der Waals surface area contributed by atoms with Gasteiger partial charge in [0.1, 0.15) is 6.10 Å². The van der Waals surface area contributed by atoms with Crippen molar-refractivity contribution in [1.82, 2.24) is 0 Å². The lowest BCUT2D eigenvalue weighted by molar-refractivity contribution is -0.110. The molecule has 0 heterocycles. The van der Waals surface area contributed by atoms with E-state index in [1.807, 2.05) is 13.8 Å². The monoisotopic (exact) mass is 236 g/mol. The fourth-order valence-electron chi connectivity index (χ4n) is 2.37. The van der Waals surface area contributed by atoms with E-state index < -0.39 is 11.7 Å². The largest absolute Gasteiger partial charge is 0.385 e. The van der Waals surface area contributed by atoms with Crippen LogP contribution in [-0.2, 0) is 4.74 Å². The van der Waals surface area contributed by atoms with Crippen molar-refractivity contribution in [3.63, 3.8) is 0 Å². The fourth-order valence-corrected chi connectivity index (χ4v) is 2.37. The Labute approximate surface area is 105 Å². The number of hydrogen-bond donors (Lipinski definition) is 1. The molecule has 0 aliphatic heterocycles. The standard InChI is InChI=1S/C15H24O2/c1-6-15(7-2,17-5)14(16)13-10-11(3)8-9-12(13)4/h8-10,14,16H,6-7H2,1-5H3.